The van der Waals surface area contributed by atoms with Gasteiger partial charge in [-0.2, -0.15) is 8.42 Å². The molecule has 2 amide bonds. The minimum absolute atomic E-state index is 0.0531. The Morgan fingerprint density at radius 1 is 1.00 bits per heavy atom. The molecule has 2 aliphatic heterocycles. The van der Waals surface area contributed by atoms with Gasteiger partial charge in [0.15, 0.2) is 16.1 Å². The van der Waals surface area contributed by atoms with Gasteiger partial charge in [0.05, 0.1) is 30.0 Å². The standard InChI is InChI=1S/C38H51N3O12S2/c1-5-7-18-38(6-2)23-54(46,47)30-17-16-27(41(3)4)20-28(30)31(35(38)44)25-14-11-15-26(19-25)39-37(45)40-36-33(43)34(51-21-24-12-9-8-10-13-24)32(42)29(53-36)22-52-55(48,49)50/h8-17,19-20,29,31-36,42-44H,5-7,18,21-23H2,1-4H3,(H2,39,40,45)(H,48,49,50)/t29-,31-,32-,33-,34?,35-,36-,38-/m1/s1. The monoisotopic (exact) mass is 805 g/mol. The zero-order chi connectivity index (χ0) is 40.1. The largest absolute Gasteiger partial charge is 0.397 e. The van der Waals surface area contributed by atoms with Crippen molar-refractivity contribution < 1.29 is 55.2 Å². The summed E-state index contributed by atoms with van der Waals surface area (Å²) in [5, 5.41) is 39.7. The fraction of sp³-hybridized carbons (Fsp3) is 0.500. The van der Waals surface area contributed by atoms with Crippen molar-refractivity contribution >= 4 is 37.6 Å². The summed E-state index contributed by atoms with van der Waals surface area (Å²) >= 11 is 0. The molecule has 2 aliphatic rings. The summed E-state index contributed by atoms with van der Waals surface area (Å²) in [6.45, 7) is 3.00. The van der Waals surface area contributed by atoms with Gasteiger partial charge in [0.1, 0.15) is 24.4 Å². The second-order valence-electron chi connectivity index (χ2n) is 14.4. The van der Waals surface area contributed by atoms with Crippen LogP contribution < -0.4 is 15.5 Å². The second-order valence-corrected chi connectivity index (χ2v) is 17.4. The van der Waals surface area contributed by atoms with Crippen molar-refractivity contribution in [3.63, 3.8) is 0 Å². The molecule has 1 saturated heterocycles. The van der Waals surface area contributed by atoms with E-state index in [1.54, 1.807) is 72.8 Å². The van der Waals surface area contributed by atoms with E-state index in [2.05, 4.69) is 14.8 Å². The summed E-state index contributed by atoms with van der Waals surface area (Å²) in [5.41, 5.74) is 1.78. The molecule has 17 heteroatoms. The Labute approximate surface area is 322 Å². The van der Waals surface area contributed by atoms with Gasteiger partial charge in [0.2, 0.25) is 0 Å². The molecule has 5 rings (SSSR count). The van der Waals surface area contributed by atoms with E-state index in [4.69, 9.17) is 14.0 Å². The normalized spacial score (nSPS) is 27.7. The number of rotatable bonds is 14. The first-order valence-electron chi connectivity index (χ1n) is 18.2. The molecule has 1 fully saturated rings. The van der Waals surface area contributed by atoms with E-state index in [-0.39, 0.29) is 22.9 Å². The smallest absolute Gasteiger partial charge is 0.392 e. The van der Waals surface area contributed by atoms with E-state index in [1.165, 1.54) is 0 Å². The molecule has 0 aromatic heterocycles. The lowest BCUT2D eigenvalue weighted by Gasteiger charge is -2.42. The van der Waals surface area contributed by atoms with Gasteiger partial charge in [0, 0.05) is 36.8 Å². The second kappa shape index (κ2) is 17.7. The Hall–Kier alpha value is -3.65. The average molecular weight is 806 g/mol. The van der Waals surface area contributed by atoms with Crippen molar-refractivity contribution in [3.05, 3.63) is 89.5 Å². The maximum atomic E-state index is 14.0. The molecular weight excluding hydrogens is 755 g/mol. The summed E-state index contributed by atoms with van der Waals surface area (Å²) in [6, 6.07) is 19.8. The van der Waals surface area contributed by atoms with Crippen molar-refractivity contribution in [3.8, 4) is 0 Å². The molecule has 55 heavy (non-hydrogen) atoms. The van der Waals surface area contributed by atoms with E-state index in [0.29, 0.717) is 29.5 Å². The summed E-state index contributed by atoms with van der Waals surface area (Å²) in [5.74, 6) is -1.00. The highest BCUT2D eigenvalue weighted by Gasteiger charge is 2.49. The molecular formula is C38H51N3O12S2. The van der Waals surface area contributed by atoms with E-state index in [9.17, 15) is 36.9 Å². The molecule has 6 N–H and O–H groups in total. The van der Waals surface area contributed by atoms with Crippen LogP contribution in [0.5, 0.6) is 0 Å². The number of nitrogens with one attached hydrogen (secondary N) is 2. The van der Waals surface area contributed by atoms with Crippen LogP contribution in [0.3, 0.4) is 0 Å². The highest BCUT2D eigenvalue weighted by molar-refractivity contribution is 7.91. The van der Waals surface area contributed by atoms with Crippen molar-refractivity contribution in [2.45, 2.75) is 93.7 Å². The van der Waals surface area contributed by atoms with Crippen LogP contribution in [0.2, 0.25) is 0 Å². The van der Waals surface area contributed by atoms with Gasteiger partial charge in [-0.3, -0.25) is 4.55 Å². The third-order valence-corrected chi connectivity index (χ3v) is 12.9. The number of hydrogen-bond donors (Lipinski definition) is 6. The molecule has 15 nitrogen and oxygen atoms in total. The third-order valence-electron chi connectivity index (χ3n) is 10.5. The molecule has 0 aliphatic carbocycles. The first-order chi connectivity index (χ1) is 26.0. The first kappa shape index (κ1) is 42.5. The van der Waals surface area contributed by atoms with Gasteiger partial charge in [-0.05, 0) is 59.9 Å². The van der Waals surface area contributed by atoms with E-state index >= 15 is 0 Å². The number of nitrogens with zero attached hydrogens (tertiary/aromatic N) is 1. The van der Waals surface area contributed by atoms with Crippen molar-refractivity contribution in [1.82, 2.24) is 5.32 Å². The van der Waals surface area contributed by atoms with Crippen LogP contribution in [-0.4, -0.2) is 106 Å². The van der Waals surface area contributed by atoms with E-state index < -0.39 is 81.0 Å². The number of urea groups is 1. The highest BCUT2D eigenvalue weighted by Crippen LogP contribution is 2.49. The molecule has 0 saturated carbocycles. The number of benzene rings is 3. The minimum Gasteiger partial charge on any atom is -0.392 e. The Morgan fingerprint density at radius 2 is 1.73 bits per heavy atom. The number of hydrogen-bond acceptors (Lipinski definition) is 12. The predicted octanol–water partition coefficient (Wildman–Crippen LogP) is 3.59. The molecule has 0 bridgehead atoms. The van der Waals surface area contributed by atoms with Crippen molar-refractivity contribution in [1.29, 1.82) is 0 Å². The van der Waals surface area contributed by atoms with Crippen LogP contribution in [0, 0.1) is 5.41 Å². The third kappa shape index (κ3) is 10.0. The lowest BCUT2D eigenvalue weighted by molar-refractivity contribution is -0.246. The Bertz CT molecular complexity index is 2000. The van der Waals surface area contributed by atoms with E-state index in [1.807, 2.05) is 32.8 Å². The van der Waals surface area contributed by atoms with Gasteiger partial charge in [-0.15, -0.1) is 0 Å². The van der Waals surface area contributed by atoms with Crippen LogP contribution in [0.1, 0.15) is 62.1 Å². The van der Waals surface area contributed by atoms with Gasteiger partial charge in [0.25, 0.3) is 0 Å². The van der Waals surface area contributed by atoms with Gasteiger partial charge in [-0.1, -0.05) is 69.2 Å². The average Bonchev–Trinajstić information content (AvgIpc) is 3.21. The zero-order valence-electron chi connectivity index (χ0n) is 31.2. The molecule has 2 heterocycles. The summed E-state index contributed by atoms with van der Waals surface area (Å²) < 4.78 is 75.7. The van der Waals surface area contributed by atoms with Crippen LogP contribution in [0.4, 0.5) is 16.2 Å². The number of carbonyl (C=O) groups is 1. The lowest BCUT2D eigenvalue weighted by atomic mass is 9.69. The van der Waals surface area contributed by atoms with E-state index in [0.717, 1.165) is 18.5 Å². The maximum Gasteiger partial charge on any atom is 0.397 e. The number of unbranched alkanes of at least 4 members (excludes halogenated alkanes) is 1. The van der Waals surface area contributed by atoms with Gasteiger partial charge in [-0.25, -0.2) is 17.4 Å². The summed E-state index contributed by atoms with van der Waals surface area (Å²) in [6.07, 6.45) is -6.32. The van der Waals surface area contributed by atoms with Crippen LogP contribution in [0.15, 0.2) is 77.7 Å². The first-order valence-corrected chi connectivity index (χ1v) is 21.2. The fourth-order valence-electron chi connectivity index (χ4n) is 7.42. The number of aliphatic hydroxyl groups is 3. The molecule has 3 aromatic rings. The molecule has 1 unspecified atom stereocenters. The molecule has 302 valence electrons. The predicted molar refractivity (Wildman–Crippen MR) is 205 cm³/mol. The Morgan fingerprint density at radius 3 is 2.38 bits per heavy atom. The molecule has 3 aromatic carbocycles. The quantitative estimate of drug-likeness (QED) is 0.129. The van der Waals surface area contributed by atoms with Crippen molar-refractivity contribution in [2.24, 2.45) is 5.41 Å². The number of fused-ring (bicyclic) bond motifs is 1. The number of carbonyl (C=O) groups excluding carboxylic acids is 1. The van der Waals surface area contributed by atoms with Crippen LogP contribution in [-0.2, 0) is 40.5 Å². The lowest BCUT2D eigenvalue weighted by Crippen LogP contribution is -2.64. The highest BCUT2D eigenvalue weighted by atomic mass is 32.3. The topological polar surface area (TPSA) is 221 Å². The molecule has 0 spiro atoms. The van der Waals surface area contributed by atoms with Crippen LogP contribution in [0.25, 0.3) is 0 Å². The summed E-state index contributed by atoms with van der Waals surface area (Å²) in [7, 11) is -5.07. The molecule has 0 radical (unpaired) electrons. The molecule has 8 atom stereocenters. The van der Waals surface area contributed by atoms with Gasteiger partial charge >= 0.3 is 16.4 Å². The van der Waals surface area contributed by atoms with Gasteiger partial charge < -0.3 is 40.3 Å². The minimum atomic E-state index is -4.93. The number of sulfone groups is 1. The van der Waals surface area contributed by atoms with Crippen LogP contribution >= 0.6 is 0 Å². The zero-order valence-corrected chi connectivity index (χ0v) is 32.9. The Kier molecular flexibility index (Phi) is 13.6. The number of anilines is 2. The Balaban J connectivity index is 1.43. The maximum absolute atomic E-state index is 14.0. The van der Waals surface area contributed by atoms with Crippen molar-refractivity contribution in [2.75, 3.05) is 36.7 Å². The fourth-order valence-corrected chi connectivity index (χ4v) is 9.98. The number of ether oxygens (including phenoxy) is 2. The number of amides is 2. The SMILES string of the molecule is CCCC[C@]1(CC)CS(=O)(=O)c2ccc(N(C)C)cc2[C@@H](c2cccc(NC(=O)N[C@@H]3O[C@H](COS(=O)(=O)O)[C@@H](O)C(OCc4ccccc4)[C@H]3O)c2)[C@H]1O. The number of aliphatic hydroxyl groups excluding tert-OH is 3. The summed E-state index contributed by atoms with van der Waals surface area (Å²) in [4.78, 5) is 15.5.